The lowest BCUT2D eigenvalue weighted by Gasteiger charge is -2.39. The van der Waals surface area contributed by atoms with Crippen LogP contribution in [0.4, 0.5) is 5.69 Å². The summed E-state index contributed by atoms with van der Waals surface area (Å²) < 4.78 is 12.3. The van der Waals surface area contributed by atoms with Gasteiger partial charge >= 0.3 is 0 Å². The monoisotopic (exact) mass is 533 g/mol. The summed E-state index contributed by atoms with van der Waals surface area (Å²) >= 11 is 0. The van der Waals surface area contributed by atoms with Crippen LogP contribution >= 0.6 is 0 Å². The van der Waals surface area contributed by atoms with Crippen molar-refractivity contribution in [2.45, 2.75) is 25.8 Å². The molecule has 0 bridgehead atoms. The summed E-state index contributed by atoms with van der Waals surface area (Å²) in [5, 5.41) is 15.5. The number of methoxy groups -OCH3 is 2. The molecule has 2 aromatic carbocycles. The van der Waals surface area contributed by atoms with Crippen LogP contribution in [0.1, 0.15) is 29.6 Å². The number of aromatic nitrogens is 2. The van der Waals surface area contributed by atoms with E-state index in [2.05, 4.69) is 5.10 Å². The Kier molecular flexibility index (Phi) is 7.23. The second kappa shape index (κ2) is 10.8. The van der Waals surface area contributed by atoms with Gasteiger partial charge in [-0.1, -0.05) is 12.1 Å². The molecule has 1 spiro atoms. The molecule has 2 amide bonds. The Balaban J connectivity index is 1.18. The van der Waals surface area contributed by atoms with Crippen molar-refractivity contribution < 1.29 is 24.0 Å². The van der Waals surface area contributed by atoms with Crippen LogP contribution in [0, 0.1) is 15.5 Å². The third-order valence-electron chi connectivity index (χ3n) is 7.83. The molecule has 11 heteroatoms. The van der Waals surface area contributed by atoms with E-state index in [1.807, 2.05) is 9.80 Å². The number of carbonyl (C=O) groups is 2. The third-order valence-corrected chi connectivity index (χ3v) is 7.83. The first-order valence-corrected chi connectivity index (χ1v) is 12.9. The number of likely N-dealkylation sites (tertiary alicyclic amines) is 2. The first-order valence-electron chi connectivity index (χ1n) is 12.9. The zero-order valence-electron chi connectivity index (χ0n) is 22.0. The molecule has 0 radical (unpaired) electrons. The second-order valence-corrected chi connectivity index (χ2v) is 10.1. The van der Waals surface area contributed by atoms with Gasteiger partial charge < -0.3 is 19.3 Å². The second-order valence-electron chi connectivity index (χ2n) is 10.1. The van der Waals surface area contributed by atoms with Crippen LogP contribution in [0.15, 0.2) is 54.7 Å². The summed E-state index contributed by atoms with van der Waals surface area (Å²) in [6, 6.07) is 13.3. The highest BCUT2D eigenvalue weighted by Gasteiger charge is 2.43. The third kappa shape index (κ3) is 5.43. The molecule has 2 fully saturated rings. The maximum absolute atomic E-state index is 13.3. The number of carbonyl (C=O) groups excluding carboxylic acids is 2. The summed E-state index contributed by atoms with van der Waals surface area (Å²) in [7, 11) is 3.11. The normalized spacial score (nSPS) is 16.4. The zero-order chi connectivity index (χ0) is 27.6. The Morgan fingerprint density at radius 2 is 1.74 bits per heavy atom. The molecular formula is C28H31N5O6. The molecule has 0 unspecified atom stereocenters. The van der Waals surface area contributed by atoms with Crippen molar-refractivity contribution in [3.05, 3.63) is 70.4 Å². The fourth-order valence-corrected chi connectivity index (χ4v) is 5.51. The molecule has 2 aliphatic rings. The SMILES string of the molecule is COc1ccc(OC)c(C(=O)N2CCC3(CCN(C(=O)Cn4ccc(-c5cccc([N+](=O)[O-])c5)n4)C3)CC2)c1. The van der Waals surface area contributed by atoms with Gasteiger partial charge in [-0.2, -0.15) is 5.10 Å². The molecule has 0 saturated carbocycles. The van der Waals surface area contributed by atoms with E-state index in [-0.39, 0.29) is 29.5 Å². The molecule has 3 aromatic rings. The van der Waals surface area contributed by atoms with E-state index in [0.717, 1.165) is 19.3 Å². The van der Waals surface area contributed by atoms with Crippen molar-refractivity contribution in [3.63, 3.8) is 0 Å². The number of nitro benzene ring substituents is 1. The number of piperidine rings is 1. The van der Waals surface area contributed by atoms with Crippen molar-refractivity contribution in [3.8, 4) is 22.8 Å². The van der Waals surface area contributed by atoms with Crippen LogP contribution in [0.2, 0.25) is 0 Å². The van der Waals surface area contributed by atoms with Crippen molar-refractivity contribution in [1.29, 1.82) is 0 Å². The van der Waals surface area contributed by atoms with Gasteiger partial charge in [0.15, 0.2) is 0 Å². The van der Waals surface area contributed by atoms with Crippen molar-refractivity contribution in [2.24, 2.45) is 5.41 Å². The molecule has 5 rings (SSSR count). The van der Waals surface area contributed by atoms with E-state index < -0.39 is 4.92 Å². The summed E-state index contributed by atoms with van der Waals surface area (Å²) in [5.41, 5.74) is 1.69. The van der Waals surface area contributed by atoms with E-state index >= 15 is 0 Å². The molecule has 11 nitrogen and oxygen atoms in total. The topological polar surface area (TPSA) is 120 Å². The van der Waals surface area contributed by atoms with E-state index in [9.17, 15) is 19.7 Å². The van der Waals surface area contributed by atoms with Gasteiger partial charge in [0, 0.05) is 50.1 Å². The van der Waals surface area contributed by atoms with Crippen LogP contribution in [0.5, 0.6) is 11.5 Å². The smallest absolute Gasteiger partial charge is 0.270 e. The number of hydrogen-bond acceptors (Lipinski definition) is 7. The molecule has 204 valence electrons. The molecule has 39 heavy (non-hydrogen) atoms. The fraction of sp³-hybridized carbons (Fsp3) is 0.393. The Labute approximate surface area is 226 Å². The summed E-state index contributed by atoms with van der Waals surface area (Å²) in [6.45, 7) is 2.68. The number of hydrogen-bond donors (Lipinski definition) is 0. The number of ether oxygens (including phenoxy) is 2. The standard InChI is InChI=1S/C28H31N5O6/c1-38-22-6-7-25(39-2)23(17-22)27(35)30-13-9-28(10-14-30)11-15-31(19-28)26(34)18-32-12-8-24(29-32)20-4-3-5-21(16-20)33(36)37/h3-8,12,16-17H,9-11,13-15,18-19H2,1-2H3. The Bertz CT molecular complexity index is 1390. The highest BCUT2D eigenvalue weighted by molar-refractivity contribution is 5.97. The number of benzene rings is 2. The van der Waals surface area contributed by atoms with E-state index in [4.69, 9.17) is 9.47 Å². The molecule has 0 N–H and O–H groups in total. The minimum atomic E-state index is -0.441. The van der Waals surface area contributed by atoms with Gasteiger partial charge in [-0.25, -0.2) is 0 Å². The molecule has 2 saturated heterocycles. The summed E-state index contributed by atoms with van der Waals surface area (Å²) in [6.07, 6.45) is 4.27. The Morgan fingerprint density at radius 3 is 2.44 bits per heavy atom. The molecule has 0 aliphatic carbocycles. The number of rotatable bonds is 7. The largest absolute Gasteiger partial charge is 0.497 e. The predicted molar refractivity (Wildman–Crippen MR) is 143 cm³/mol. The van der Waals surface area contributed by atoms with Gasteiger partial charge in [0.2, 0.25) is 5.91 Å². The number of nitro groups is 1. The van der Waals surface area contributed by atoms with Crippen LogP contribution < -0.4 is 9.47 Å². The van der Waals surface area contributed by atoms with Crippen molar-refractivity contribution in [1.82, 2.24) is 19.6 Å². The number of non-ortho nitro benzene ring substituents is 1. The lowest BCUT2D eigenvalue weighted by atomic mass is 9.77. The summed E-state index contributed by atoms with van der Waals surface area (Å²) in [4.78, 5) is 40.7. The molecular weight excluding hydrogens is 502 g/mol. The van der Waals surface area contributed by atoms with Crippen LogP contribution in [0.3, 0.4) is 0 Å². The lowest BCUT2D eigenvalue weighted by molar-refractivity contribution is -0.384. The summed E-state index contributed by atoms with van der Waals surface area (Å²) in [5.74, 6) is 1.03. The van der Waals surface area contributed by atoms with Gasteiger partial charge in [-0.05, 0) is 48.9 Å². The highest BCUT2D eigenvalue weighted by atomic mass is 16.6. The predicted octanol–water partition coefficient (Wildman–Crippen LogP) is 3.63. The van der Waals surface area contributed by atoms with Crippen molar-refractivity contribution >= 4 is 17.5 Å². The highest BCUT2D eigenvalue weighted by Crippen LogP contribution is 2.41. The van der Waals surface area contributed by atoms with E-state index in [1.54, 1.807) is 61.5 Å². The Hall–Kier alpha value is -4.41. The fourth-order valence-electron chi connectivity index (χ4n) is 5.51. The number of amides is 2. The van der Waals surface area contributed by atoms with Gasteiger partial charge in [0.1, 0.15) is 18.0 Å². The molecule has 1 aromatic heterocycles. The zero-order valence-corrected chi connectivity index (χ0v) is 22.0. The first-order chi connectivity index (χ1) is 18.8. The van der Waals surface area contributed by atoms with Gasteiger partial charge in [0.25, 0.3) is 11.6 Å². The minimum absolute atomic E-state index is 0.00313. The lowest BCUT2D eigenvalue weighted by Crippen LogP contribution is -2.45. The Morgan fingerprint density at radius 1 is 1.00 bits per heavy atom. The van der Waals surface area contributed by atoms with Crippen LogP contribution in [0.25, 0.3) is 11.3 Å². The maximum atomic E-state index is 13.3. The van der Waals surface area contributed by atoms with Gasteiger partial charge in [-0.3, -0.25) is 24.4 Å². The maximum Gasteiger partial charge on any atom is 0.270 e. The van der Waals surface area contributed by atoms with Crippen LogP contribution in [-0.4, -0.2) is 76.7 Å². The van der Waals surface area contributed by atoms with Crippen molar-refractivity contribution in [2.75, 3.05) is 40.4 Å². The van der Waals surface area contributed by atoms with Crippen LogP contribution in [-0.2, 0) is 11.3 Å². The van der Waals surface area contributed by atoms with E-state index in [0.29, 0.717) is 54.5 Å². The van der Waals surface area contributed by atoms with Gasteiger partial charge in [0.05, 0.1) is 30.4 Å². The minimum Gasteiger partial charge on any atom is -0.497 e. The van der Waals surface area contributed by atoms with Gasteiger partial charge in [-0.15, -0.1) is 0 Å². The molecule has 0 atom stereocenters. The quantitative estimate of drug-likeness (QED) is 0.336. The molecule has 3 heterocycles. The molecule has 2 aliphatic heterocycles. The number of nitrogens with zero attached hydrogens (tertiary/aromatic N) is 5. The average Bonchev–Trinajstić information content (AvgIpc) is 3.60. The first kappa shape index (κ1) is 26.2. The average molecular weight is 534 g/mol. The van der Waals surface area contributed by atoms with E-state index in [1.165, 1.54) is 12.1 Å².